The van der Waals surface area contributed by atoms with E-state index in [-0.39, 0.29) is 17.4 Å². The van der Waals surface area contributed by atoms with Crippen molar-refractivity contribution in [1.29, 1.82) is 0 Å². The van der Waals surface area contributed by atoms with Crippen molar-refractivity contribution in [2.45, 2.75) is 26.8 Å². The van der Waals surface area contributed by atoms with Crippen molar-refractivity contribution in [2.75, 3.05) is 5.32 Å². The summed E-state index contributed by atoms with van der Waals surface area (Å²) >= 11 is 3.10. The van der Waals surface area contributed by atoms with E-state index in [0.29, 0.717) is 27.2 Å². The minimum atomic E-state index is -0.352. The Kier molecular flexibility index (Phi) is 4.23. The number of nitrogens with one attached hydrogen (secondary N) is 2. The second-order valence-electron chi connectivity index (χ2n) is 4.65. The molecule has 1 aromatic carbocycles. The van der Waals surface area contributed by atoms with E-state index in [1.807, 2.05) is 6.92 Å². The Bertz CT molecular complexity index is 699. The van der Waals surface area contributed by atoms with Crippen LogP contribution >= 0.6 is 15.9 Å². The minimum Gasteiger partial charge on any atom is -0.378 e. The zero-order valence-electron chi connectivity index (χ0n) is 11.4. The molecule has 2 aromatic rings. The molecule has 1 heterocycles. The monoisotopic (exact) mass is 339 g/mol. The SMILES string of the molecule is Cc1nc(C)c(C(C)Nc2ccc(Br)c(F)c2)c(=O)[nH]1. The molecule has 106 valence electrons. The molecule has 20 heavy (non-hydrogen) atoms. The molecule has 2 N–H and O–H groups in total. The van der Waals surface area contributed by atoms with Gasteiger partial charge in [-0.3, -0.25) is 4.79 Å². The molecule has 0 radical (unpaired) electrons. The van der Waals surface area contributed by atoms with E-state index in [1.54, 1.807) is 26.0 Å². The molecule has 0 fully saturated rings. The van der Waals surface area contributed by atoms with Crippen molar-refractivity contribution in [3.63, 3.8) is 0 Å². The van der Waals surface area contributed by atoms with Gasteiger partial charge in [-0.05, 0) is 54.9 Å². The molecule has 0 saturated heterocycles. The Morgan fingerprint density at radius 2 is 2.10 bits per heavy atom. The summed E-state index contributed by atoms with van der Waals surface area (Å²) in [6, 6.07) is 4.47. The number of aryl methyl sites for hydroxylation is 2. The fourth-order valence-corrected chi connectivity index (χ4v) is 2.40. The van der Waals surface area contributed by atoms with Crippen LogP contribution in [0, 0.1) is 19.7 Å². The molecule has 0 amide bonds. The lowest BCUT2D eigenvalue weighted by atomic mass is 10.1. The van der Waals surface area contributed by atoms with Crippen molar-refractivity contribution < 1.29 is 4.39 Å². The van der Waals surface area contributed by atoms with Crippen LogP contribution in [0.4, 0.5) is 10.1 Å². The topological polar surface area (TPSA) is 57.8 Å². The molecule has 0 aliphatic carbocycles. The summed E-state index contributed by atoms with van der Waals surface area (Å²) < 4.78 is 13.9. The lowest BCUT2D eigenvalue weighted by Gasteiger charge is -2.17. The fraction of sp³-hybridized carbons (Fsp3) is 0.286. The molecule has 0 bridgehead atoms. The number of H-pyrrole nitrogens is 1. The summed E-state index contributed by atoms with van der Waals surface area (Å²) in [6.07, 6.45) is 0. The van der Waals surface area contributed by atoms with Gasteiger partial charge in [-0.2, -0.15) is 0 Å². The van der Waals surface area contributed by atoms with Gasteiger partial charge in [0.2, 0.25) is 0 Å². The molecule has 2 rings (SSSR count). The van der Waals surface area contributed by atoms with Crippen LogP contribution in [0.2, 0.25) is 0 Å². The van der Waals surface area contributed by atoms with Gasteiger partial charge >= 0.3 is 0 Å². The molecule has 0 spiro atoms. The van der Waals surface area contributed by atoms with Crippen LogP contribution in [0.5, 0.6) is 0 Å². The maximum atomic E-state index is 13.5. The second kappa shape index (κ2) is 5.75. The van der Waals surface area contributed by atoms with E-state index in [2.05, 4.69) is 31.2 Å². The Hall–Kier alpha value is -1.69. The first-order valence-corrected chi connectivity index (χ1v) is 6.97. The van der Waals surface area contributed by atoms with Gasteiger partial charge in [0.15, 0.2) is 0 Å². The highest BCUT2D eigenvalue weighted by atomic mass is 79.9. The Morgan fingerprint density at radius 1 is 1.40 bits per heavy atom. The van der Waals surface area contributed by atoms with Crippen LogP contribution in [0.3, 0.4) is 0 Å². The first-order chi connectivity index (χ1) is 9.38. The van der Waals surface area contributed by atoms with E-state index in [9.17, 15) is 9.18 Å². The standard InChI is InChI=1S/C14H15BrFN3O/c1-7-13(14(20)19-9(3)17-7)8(2)18-10-4-5-11(15)12(16)6-10/h4-6,8,18H,1-3H3,(H,17,19,20). The number of halogens is 2. The summed E-state index contributed by atoms with van der Waals surface area (Å²) in [7, 11) is 0. The zero-order valence-corrected chi connectivity index (χ0v) is 13.0. The number of aromatic nitrogens is 2. The molecule has 1 aromatic heterocycles. The molecular weight excluding hydrogens is 325 g/mol. The average molecular weight is 340 g/mol. The second-order valence-corrected chi connectivity index (χ2v) is 5.50. The molecular formula is C14H15BrFN3O. The molecule has 0 aliphatic heterocycles. The predicted molar refractivity (Wildman–Crippen MR) is 80.5 cm³/mol. The largest absolute Gasteiger partial charge is 0.378 e. The van der Waals surface area contributed by atoms with Gasteiger partial charge in [0.25, 0.3) is 5.56 Å². The van der Waals surface area contributed by atoms with Crippen molar-refractivity contribution in [2.24, 2.45) is 0 Å². The van der Waals surface area contributed by atoms with Gasteiger partial charge in [-0.25, -0.2) is 9.37 Å². The average Bonchev–Trinajstić information content (AvgIpc) is 2.32. The summed E-state index contributed by atoms with van der Waals surface area (Å²) in [5.74, 6) is 0.230. The van der Waals surface area contributed by atoms with E-state index in [0.717, 1.165) is 0 Å². The van der Waals surface area contributed by atoms with Crippen LogP contribution in [-0.4, -0.2) is 9.97 Å². The van der Waals surface area contributed by atoms with Crippen molar-refractivity contribution in [3.8, 4) is 0 Å². The van der Waals surface area contributed by atoms with Gasteiger partial charge in [-0.1, -0.05) is 0 Å². The van der Waals surface area contributed by atoms with Gasteiger partial charge in [0.05, 0.1) is 21.8 Å². The quantitative estimate of drug-likeness (QED) is 0.900. The van der Waals surface area contributed by atoms with Crippen LogP contribution in [0.25, 0.3) is 0 Å². The van der Waals surface area contributed by atoms with E-state index < -0.39 is 0 Å². The number of benzene rings is 1. The maximum absolute atomic E-state index is 13.5. The minimum absolute atomic E-state index is 0.174. The van der Waals surface area contributed by atoms with Gasteiger partial charge in [0, 0.05) is 5.69 Å². The van der Waals surface area contributed by atoms with Crippen molar-refractivity contribution in [1.82, 2.24) is 9.97 Å². The number of rotatable bonds is 3. The summed E-state index contributed by atoms with van der Waals surface area (Å²) in [5.41, 5.74) is 1.66. The number of anilines is 1. The molecule has 1 atom stereocenters. The van der Waals surface area contributed by atoms with E-state index in [4.69, 9.17) is 0 Å². The number of hydrogen-bond donors (Lipinski definition) is 2. The molecule has 0 aliphatic rings. The van der Waals surface area contributed by atoms with Gasteiger partial charge in [0.1, 0.15) is 11.6 Å². The van der Waals surface area contributed by atoms with Crippen LogP contribution < -0.4 is 10.9 Å². The van der Waals surface area contributed by atoms with Crippen LogP contribution in [0.15, 0.2) is 27.5 Å². The smallest absolute Gasteiger partial charge is 0.256 e. The van der Waals surface area contributed by atoms with Crippen molar-refractivity contribution in [3.05, 3.63) is 55.9 Å². The Balaban J connectivity index is 2.30. The fourth-order valence-electron chi connectivity index (χ4n) is 2.15. The number of nitrogens with zero attached hydrogens (tertiary/aromatic N) is 1. The molecule has 0 saturated carbocycles. The first kappa shape index (κ1) is 14.7. The number of aromatic amines is 1. The molecule has 6 heteroatoms. The molecule has 1 unspecified atom stereocenters. The normalized spacial score (nSPS) is 12.2. The third-order valence-corrected chi connectivity index (χ3v) is 3.64. The van der Waals surface area contributed by atoms with Crippen molar-refractivity contribution >= 4 is 21.6 Å². The van der Waals surface area contributed by atoms with E-state index in [1.165, 1.54) is 6.07 Å². The van der Waals surface area contributed by atoms with Gasteiger partial charge in [-0.15, -0.1) is 0 Å². The zero-order chi connectivity index (χ0) is 14.9. The lowest BCUT2D eigenvalue weighted by molar-refractivity contribution is 0.621. The molecule has 4 nitrogen and oxygen atoms in total. The van der Waals surface area contributed by atoms with Gasteiger partial charge < -0.3 is 10.3 Å². The maximum Gasteiger partial charge on any atom is 0.256 e. The summed E-state index contributed by atoms with van der Waals surface area (Å²) in [5, 5.41) is 3.11. The summed E-state index contributed by atoms with van der Waals surface area (Å²) in [6.45, 7) is 5.37. The predicted octanol–water partition coefficient (Wildman–Crippen LogP) is 3.46. The highest BCUT2D eigenvalue weighted by molar-refractivity contribution is 9.10. The summed E-state index contributed by atoms with van der Waals surface area (Å²) in [4.78, 5) is 18.9. The number of hydrogen-bond acceptors (Lipinski definition) is 3. The Morgan fingerprint density at radius 3 is 2.70 bits per heavy atom. The highest BCUT2D eigenvalue weighted by Crippen LogP contribution is 2.23. The third kappa shape index (κ3) is 3.07. The lowest BCUT2D eigenvalue weighted by Crippen LogP contribution is -2.23. The van der Waals surface area contributed by atoms with E-state index >= 15 is 0 Å². The van der Waals surface area contributed by atoms with Crippen LogP contribution in [-0.2, 0) is 0 Å². The third-order valence-electron chi connectivity index (χ3n) is 3.00. The Labute approximate surface area is 124 Å². The van der Waals surface area contributed by atoms with Crippen LogP contribution in [0.1, 0.15) is 30.0 Å². The first-order valence-electron chi connectivity index (χ1n) is 6.17. The highest BCUT2D eigenvalue weighted by Gasteiger charge is 2.15.